The summed E-state index contributed by atoms with van der Waals surface area (Å²) in [6.45, 7) is 2.99. The largest absolute Gasteiger partial charge is 0.456 e. The lowest BCUT2D eigenvalue weighted by molar-refractivity contribution is -0.690. The van der Waals surface area contributed by atoms with Crippen LogP contribution in [0.25, 0.3) is 0 Å². The van der Waals surface area contributed by atoms with Gasteiger partial charge < -0.3 is 10.1 Å². The van der Waals surface area contributed by atoms with E-state index in [1.165, 1.54) is 5.56 Å². The quantitative estimate of drug-likeness (QED) is 0.814. The van der Waals surface area contributed by atoms with Gasteiger partial charge in [-0.05, 0) is 12.5 Å². The topological polar surface area (TPSA) is 42.9 Å². The van der Waals surface area contributed by atoms with Crippen molar-refractivity contribution in [2.75, 3.05) is 0 Å². The molecule has 0 heterocycles. The Morgan fingerprint density at radius 3 is 2.15 bits per heavy atom. The third-order valence-electron chi connectivity index (χ3n) is 3.15. The maximum atomic E-state index is 11.9. The standard InChI is InChI=1S/C17H19NO2/c1-14(18-12-15-8-4-2-5-9-15)17(19)20-13-16-10-6-3-7-11-16/h2-11,14,18H,12-13H2,1H3/p+1. The van der Waals surface area contributed by atoms with Crippen LogP contribution in [0.1, 0.15) is 18.1 Å². The first-order valence-corrected chi connectivity index (χ1v) is 6.83. The van der Waals surface area contributed by atoms with E-state index >= 15 is 0 Å². The van der Waals surface area contributed by atoms with Crippen LogP contribution in [0.3, 0.4) is 0 Å². The summed E-state index contributed by atoms with van der Waals surface area (Å²) in [5, 5.41) is 1.99. The molecule has 0 spiro atoms. The van der Waals surface area contributed by atoms with E-state index in [0.717, 1.165) is 12.1 Å². The van der Waals surface area contributed by atoms with Crippen LogP contribution in [0.5, 0.6) is 0 Å². The van der Waals surface area contributed by atoms with Crippen LogP contribution in [0, 0.1) is 0 Å². The molecule has 0 aliphatic heterocycles. The molecule has 2 N–H and O–H groups in total. The Morgan fingerprint density at radius 2 is 1.55 bits per heavy atom. The van der Waals surface area contributed by atoms with E-state index < -0.39 is 0 Å². The van der Waals surface area contributed by atoms with Gasteiger partial charge in [0.15, 0.2) is 6.04 Å². The summed E-state index contributed by atoms with van der Waals surface area (Å²) in [7, 11) is 0. The molecule has 0 aromatic heterocycles. The van der Waals surface area contributed by atoms with E-state index in [-0.39, 0.29) is 12.0 Å². The average molecular weight is 270 g/mol. The van der Waals surface area contributed by atoms with Crippen LogP contribution in [-0.2, 0) is 22.7 Å². The van der Waals surface area contributed by atoms with Crippen LogP contribution in [-0.4, -0.2) is 12.0 Å². The second-order valence-corrected chi connectivity index (χ2v) is 4.81. The van der Waals surface area contributed by atoms with Crippen molar-refractivity contribution in [2.24, 2.45) is 0 Å². The van der Waals surface area contributed by atoms with Gasteiger partial charge in [0.05, 0.1) is 0 Å². The average Bonchev–Trinajstić information content (AvgIpc) is 2.52. The molecule has 0 amide bonds. The van der Waals surface area contributed by atoms with Crippen molar-refractivity contribution in [3.05, 3.63) is 71.8 Å². The third-order valence-corrected chi connectivity index (χ3v) is 3.15. The van der Waals surface area contributed by atoms with E-state index in [1.54, 1.807) is 0 Å². The third kappa shape index (κ3) is 4.52. The first-order valence-electron chi connectivity index (χ1n) is 6.83. The highest BCUT2D eigenvalue weighted by atomic mass is 16.5. The normalized spacial score (nSPS) is 11.8. The molecule has 0 aliphatic carbocycles. The highest BCUT2D eigenvalue weighted by Crippen LogP contribution is 2.01. The van der Waals surface area contributed by atoms with E-state index in [9.17, 15) is 4.79 Å². The molecule has 0 saturated heterocycles. The van der Waals surface area contributed by atoms with Crippen LogP contribution < -0.4 is 5.32 Å². The van der Waals surface area contributed by atoms with Gasteiger partial charge in [0.2, 0.25) is 0 Å². The number of carbonyl (C=O) groups is 1. The molecule has 3 nitrogen and oxygen atoms in total. The fraction of sp³-hybridized carbons (Fsp3) is 0.235. The van der Waals surface area contributed by atoms with Gasteiger partial charge in [0.25, 0.3) is 0 Å². The second kappa shape index (κ2) is 7.46. The minimum absolute atomic E-state index is 0.176. The number of ether oxygens (including phenoxy) is 1. The maximum Gasteiger partial charge on any atom is 0.364 e. The molecule has 0 saturated carbocycles. The number of hydrogen-bond donors (Lipinski definition) is 1. The molecule has 0 bridgehead atoms. The summed E-state index contributed by atoms with van der Waals surface area (Å²) in [4.78, 5) is 11.9. The first kappa shape index (κ1) is 14.3. The highest BCUT2D eigenvalue weighted by molar-refractivity contribution is 5.73. The molecule has 104 valence electrons. The smallest absolute Gasteiger partial charge is 0.364 e. The number of quaternary nitrogens is 1. The zero-order chi connectivity index (χ0) is 14.2. The Hall–Kier alpha value is -2.13. The summed E-state index contributed by atoms with van der Waals surface area (Å²) in [5.74, 6) is -0.176. The van der Waals surface area contributed by atoms with Crippen LogP contribution in [0.15, 0.2) is 60.7 Å². The molecule has 2 rings (SSSR count). The Balaban J connectivity index is 1.75. The molecular weight excluding hydrogens is 250 g/mol. The molecule has 3 heteroatoms. The number of nitrogens with two attached hydrogens (primary N) is 1. The van der Waals surface area contributed by atoms with Crippen LogP contribution in [0.4, 0.5) is 0 Å². The zero-order valence-electron chi connectivity index (χ0n) is 11.7. The minimum atomic E-state index is -0.195. The van der Waals surface area contributed by atoms with Gasteiger partial charge in [0.1, 0.15) is 13.2 Å². The van der Waals surface area contributed by atoms with E-state index in [1.807, 2.05) is 60.8 Å². The maximum absolute atomic E-state index is 11.9. The van der Waals surface area contributed by atoms with Gasteiger partial charge in [-0.3, -0.25) is 0 Å². The lowest BCUT2D eigenvalue weighted by Gasteiger charge is -2.10. The van der Waals surface area contributed by atoms with Gasteiger partial charge in [-0.15, -0.1) is 0 Å². The summed E-state index contributed by atoms with van der Waals surface area (Å²) >= 11 is 0. The van der Waals surface area contributed by atoms with Crippen molar-refractivity contribution in [2.45, 2.75) is 26.1 Å². The van der Waals surface area contributed by atoms with Crippen LogP contribution in [0.2, 0.25) is 0 Å². The van der Waals surface area contributed by atoms with E-state index in [2.05, 4.69) is 12.1 Å². The molecule has 2 aromatic rings. The molecule has 20 heavy (non-hydrogen) atoms. The van der Waals surface area contributed by atoms with Crippen LogP contribution >= 0.6 is 0 Å². The summed E-state index contributed by atoms with van der Waals surface area (Å²) in [5.41, 5.74) is 2.21. The predicted molar refractivity (Wildman–Crippen MR) is 77.8 cm³/mol. The lowest BCUT2D eigenvalue weighted by atomic mass is 10.2. The summed E-state index contributed by atoms with van der Waals surface area (Å²) in [6.07, 6.45) is 0. The van der Waals surface area contributed by atoms with Crippen molar-refractivity contribution >= 4 is 5.97 Å². The van der Waals surface area contributed by atoms with Gasteiger partial charge in [-0.25, -0.2) is 4.79 Å². The Bertz CT molecular complexity index is 525. The number of esters is 1. The minimum Gasteiger partial charge on any atom is -0.456 e. The lowest BCUT2D eigenvalue weighted by Crippen LogP contribution is -2.89. The van der Waals surface area contributed by atoms with Crippen molar-refractivity contribution in [3.63, 3.8) is 0 Å². The number of carbonyl (C=O) groups excluding carboxylic acids is 1. The zero-order valence-corrected chi connectivity index (χ0v) is 11.7. The molecular formula is C17H20NO2+. The van der Waals surface area contributed by atoms with Crippen molar-refractivity contribution in [3.8, 4) is 0 Å². The van der Waals surface area contributed by atoms with Gasteiger partial charge in [-0.1, -0.05) is 60.7 Å². The molecule has 1 unspecified atom stereocenters. The molecule has 2 aromatic carbocycles. The molecule has 0 radical (unpaired) electrons. The molecule has 1 atom stereocenters. The summed E-state index contributed by atoms with van der Waals surface area (Å²) in [6, 6.07) is 19.6. The van der Waals surface area contributed by atoms with Gasteiger partial charge in [-0.2, -0.15) is 0 Å². The second-order valence-electron chi connectivity index (χ2n) is 4.81. The Kier molecular flexibility index (Phi) is 5.33. The van der Waals surface area contributed by atoms with Gasteiger partial charge >= 0.3 is 5.97 Å². The predicted octanol–water partition coefficient (Wildman–Crippen LogP) is 1.88. The van der Waals surface area contributed by atoms with E-state index in [4.69, 9.17) is 4.74 Å². The van der Waals surface area contributed by atoms with E-state index in [0.29, 0.717) is 6.61 Å². The number of benzene rings is 2. The first-order chi connectivity index (χ1) is 9.75. The Morgan fingerprint density at radius 1 is 1.00 bits per heavy atom. The monoisotopic (exact) mass is 270 g/mol. The number of hydrogen-bond acceptors (Lipinski definition) is 2. The highest BCUT2D eigenvalue weighted by Gasteiger charge is 2.17. The SMILES string of the molecule is CC([NH2+]Cc1ccccc1)C(=O)OCc1ccccc1. The molecule has 0 fully saturated rings. The fourth-order valence-corrected chi connectivity index (χ4v) is 1.88. The van der Waals surface area contributed by atoms with Gasteiger partial charge in [0, 0.05) is 5.56 Å². The molecule has 0 aliphatic rings. The summed E-state index contributed by atoms with van der Waals surface area (Å²) < 4.78 is 5.31. The van der Waals surface area contributed by atoms with Crippen molar-refractivity contribution in [1.82, 2.24) is 0 Å². The van der Waals surface area contributed by atoms with Crippen molar-refractivity contribution < 1.29 is 14.8 Å². The number of rotatable bonds is 6. The fourth-order valence-electron chi connectivity index (χ4n) is 1.88. The van der Waals surface area contributed by atoms with Crippen molar-refractivity contribution in [1.29, 1.82) is 0 Å². The Labute approximate surface area is 119 Å².